The summed E-state index contributed by atoms with van der Waals surface area (Å²) in [4.78, 5) is 2.54. The van der Waals surface area contributed by atoms with Gasteiger partial charge in [0, 0.05) is 32.2 Å². The van der Waals surface area contributed by atoms with Gasteiger partial charge in [-0.05, 0) is 29.7 Å². The Morgan fingerprint density at radius 2 is 1.77 bits per heavy atom. The maximum Gasteiger partial charge on any atom is 0.120 e. The summed E-state index contributed by atoms with van der Waals surface area (Å²) >= 11 is 0. The Morgan fingerprint density at radius 1 is 1.04 bits per heavy atom. The largest absolute Gasteiger partial charge is 0.489 e. The SMILES string of the molecule is C=CC[C@H](c1cccc(OCc2ccccc2)c1)N1CCNCC1.Cl.Cl. The molecule has 0 spiro atoms. The van der Waals surface area contributed by atoms with Gasteiger partial charge in [-0.25, -0.2) is 0 Å². The third kappa shape index (κ3) is 6.33. The molecular formula is C21H28Cl2N2O. The van der Waals surface area contributed by atoms with Crippen LogP contribution in [-0.4, -0.2) is 31.1 Å². The van der Waals surface area contributed by atoms with E-state index in [1.54, 1.807) is 0 Å². The van der Waals surface area contributed by atoms with Crippen molar-refractivity contribution in [2.75, 3.05) is 26.2 Å². The van der Waals surface area contributed by atoms with Crippen LogP contribution in [0.5, 0.6) is 5.75 Å². The van der Waals surface area contributed by atoms with E-state index in [-0.39, 0.29) is 24.8 Å². The number of benzene rings is 2. The number of hydrogen-bond donors (Lipinski definition) is 1. The Balaban J connectivity index is 0.00000169. The van der Waals surface area contributed by atoms with Gasteiger partial charge >= 0.3 is 0 Å². The molecule has 1 heterocycles. The van der Waals surface area contributed by atoms with E-state index in [0.717, 1.165) is 38.3 Å². The predicted octanol–water partition coefficient (Wildman–Crippen LogP) is 4.63. The molecule has 0 radical (unpaired) electrons. The van der Waals surface area contributed by atoms with Crippen LogP contribution < -0.4 is 10.1 Å². The standard InChI is InChI=1S/C21H26N2O.2ClH/c1-2-7-21(23-14-12-22-13-15-23)19-10-6-11-20(16-19)24-17-18-8-4-3-5-9-18;;/h2-6,8-11,16,21-22H,1,7,12-15,17H2;2*1H/t21-;;/m1../s1. The highest BCUT2D eigenvalue weighted by atomic mass is 35.5. The fourth-order valence-corrected chi connectivity index (χ4v) is 3.20. The van der Waals surface area contributed by atoms with Gasteiger partial charge < -0.3 is 10.1 Å². The van der Waals surface area contributed by atoms with Crippen molar-refractivity contribution in [2.45, 2.75) is 19.1 Å². The number of nitrogens with zero attached hydrogens (tertiary/aromatic N) is 1. The summed E-state index contributed by atoms with van der Waals surface area (Å²) in [6.45, 7) is 8.81. The number of rotatable bonds is 7. The molecule has 3 rings (SSSR count). The van der Waals surface area contributed by atoms with Crippen molar-refractivity contribution in [3.63, 3.8) is 0 Å². The first-order valence-electron chi connectivity index (χ1n) is 8.69. The highest BCUT2D eigenvalue weighted by Gasteiger charge is 2.21. The second-order valence-electron chi connectivity index (χ2n) is 6.17. The molecular weight excluding hydrogens is 367 g/mol. The topological polar surface area (TPSA) is 24.5 Å². The highest BCUT2D eigenvalue weighted by molar-refractivity contribution is 5.85. The molecule has 0 unspecified atom stereocenters. The zero-order chi connectivity index (χ0) is 16.6. The summed E-state index contributed by atoms with van der Waals surface area (Å²) in [5, 5.41) is 3.42. The summed E-state index contributed by atoms with van der Waals surface area (Å²) in [7, 11) is 0. The molecule has 1 saturated heterocycles. The van der Waals surface area contributed by atoms with Gasteiger partial charge in [-0.15, -0.1) is 31.4 Å². The lowest BCUT2D eigenvalue weighted by atomic mass is 10.0. The van der Waals surface area contributed by atoms with Gasteiger partial charge in [0.2, 0.25) is 0 Å². The lowest BCUT2D eigenvalue weighted by Crippen LogP contribution is -2.45. The maximum atomic E-state index is 5.99. The first kappa shape index (κ1) is 22.5. The Kier molecular flexibility index (Phi) is 10.4. The summed E-state index contributed by atoms with van der Waals surface area (Å²) in [6, 6.07) is 19.2. The third-order valence-corrected chi connectivity index (χ3v) is 4.47. The van der Waals surface area contributed by atoms with Gasteiger partial charge in [0.25, 0.3) is 0 Å². The lowest BCUT2D eigenvalue weighted by Gasteiger charge is -2.35. The van der Waals surface area contributed by atoms with Crippen LogP contribution in [0.3, 0.4) is 0 Å². The zero-order valence-corrected chi connectivity index (χ0v) is 16.6. The number of piperazine rings is 1. The highest BCUT2D eigenvalue weighted by Crippen LogP contribution is 2.28. The first-order valence-corrected chi connectivity index (χ1v) is 8.69. The fourth-order valence-electron chi connectivity index (χ4n) is 3.20. The van der Waals surface area contributed by atoms with E-state index < -0.39 is 0 Å². The molecule has 0 saturated carbocycles. The molecule has 0 bridgehead atoms. The molecule has 26 heavy (non-hydrogen) atoms. The van der Waals surface area contributed by atoms with Gasteiger partial charge in [0.05, 0.1) is 0 Å². The van der Waals surface area contributed by atoms with Gasteiger partial charge in [-0.3, -0.25) is 4.90 Å². The quantitative estimate of drug-likeness (QED) is 0.692. The van der Waals surface area contributed by atoms with E-state index in [2.05, 4.69) is 47.1 Å². The second-order valence-corrected chi connectivity index (χ2v) is 6.17. The van der Waals surface area contributed by atoms with Crippen LogP contribution in [0.25, 0.3) is 0 Å². The van der Waals surface area contributed by atoms with Crippen molar-refractivity contribution in [1.82, 2.24) is 10.2 Å². The minimum Gasteiger partial charge on any atom is -0.489 e. The van der Waals surface area contributed by atoms with E-state index in [4.69, 9.17) is 4.74 Å². The summed E-state index contributed by atoms with van der Waals surface area (Å²) in [5.41, 5.74) is 2.50. The second kappa shape index (κ2) is 12.0. The van der Waals surface area contributed by atoms with Gasteiger partial charge in [-0.1, -0.05) is 48.5 Å². The van der Waals surface area contributed by atoms with Crippen LogP contribution in [-0.2, 0) is 6.61 Å². The molecule has 2 aromatic carbocycles. The number of hydrogen-bond acceptors (Lipinski definition) is 3. The Labute approximate surface area is 169 Å². The average Bonchev–Trinajstić information content (AvgIpc) is 2.66. The van der Waals surface area contributed by atoms with E-state index in [0.29, 0.717) is 12.6 Å². The maximum absolute atomic E-state index is 5.99. The van der Waals surface area contributed by atoms with Crippen LogP contribution in [0.1, 0.15) is 23.6 Å². The number of halogens is 2. The Hall–Kier alpha value is -1.52. The zero-order valence-electron chi connectivity index (χ0n) is 15.0. The van der Waals surface area contributed by atoms with Gasteiger partial charge in [0.1, 0.15) is 12.4 Å². The lowest BCUT2D eigenvalue weighted by molar-refractivity contribution is 0.174. The summed E-state index contributed by atoms with van der Waals surface area (Å²) in [5.74, 6) is 0.931. The molecule has 3 nitrogen and oxygen atoms in total. The monoisotopic (exact) mass is 394 g/mol. The molecule has 1 atom stereocenters. The van der Waals surface area contributed by atoms with Crippen molar-refractivity contribution in [2.24, 2.45) is 0 Å². The Morgan fingerprint density at radius 3 is 2.46 bits per heavy atom. The van der Waals surface area contributed by atoms with Crippen LogP contribution in [0.4, 0.5) is 0 Å². The van der Waals surface area contributed by atoms with Crippen LogP contribution in [0, 0.1) is 0 Å². The van der Waals surface area contributed by atoms with E-state index in [1.165, 1.54) is 11.1 Å². The van der Waals surface area contributed by atoms with Crippen LogP contribution in [0.15, 0.2) is 67.3 Å². The molecule has 1 aliphatic heterocycles. The molecule has 1 aliphatic rings. The number of nitrogens with one attached hydrogen (secondary N) is 1. The molecule has 0 aromatic heterocycles. The average molecular weight is 395 g/mol. The van der Waals surface area contributed by atoms with E-state index in [9.17, 15) is 0 Å². The van der Waals surface area contributed by atoms with Crippen LogP contribution in [0.2, 0.25) is 0 Å². The molecule has 142 valence electrons. The van der Waals surface area contributed by atoms with E-state index in [1.807, 2.05) is 30.3 Å². The van der Waals surface area contributed by atoms with Crippen molar-refractivity contribution in [3.05, 3.63) is 78.4 Å². The van der Waals surface area contributed by atoms with Crippen LogP contribution >= 0.6 is 24.8 Å². The molecule has 0 amide bonds. The Bertz CT molecular complexity index is 645. The normalized spacial score (nSPS) is 15.2. The van der Waals surface area contributed by atoms with Crippen molar-refractivity contribution in [3.8, 4) is 5.75 Å². The third-order valence-electron chi connectivity index (χ3n) is 4.47. The first-order chi connectivity index (χ1) is 11.9. The van der Waals surface area contributed by atoms with Crippen molar-refractivity contribution >= 4 is 24.8 Å². The van der Waals surface area contributed by atoms with Crippen molar-refractivity contribution in [1.29, 1.82) is 0 Å². The van der Waals surface area contributed by atoms with E-state index >= 15 is 0 Å². The summed E-state index contributed by atoms with van der Waals surface area (Å²) < 4.78 is 5.99. The minimum atomic E-state index is 0. The molecule has 0 aliphatic carbocycles. The molecule has 5 heteroatoms. The molecule has 1 N–H and O–H groups in total. The molecule has 2 aromatic rings. The fraction of sp³-hybridized carbons (Fsp3) is 0.333. The van der Waals surface area contributed by atoms with Gasteiger partial charge in [-0.2, -0.15) is 0 Å². The minimum absolute atomic E-state index is 0. The molecule has 1 fully saturated rings. The van der Waals surface area contributed by atoms with Gasteiger partial charge in [0.15, 0.2) is 0 Å². The van der Waals surface area contributed by atoms with Crippen molar-refractivity contribution < 1.29 is 4.74 Å². The predicted molar refractivity (Wildman–Crippen MR) is 114 cm³/mol. The smallest absolute Gasteiger partial charge is 0.120 e. The summed E-state index contributed by atoms with van der Waals surface area (Å²) in [6.07, 6.45) is 2.98. The number of ether oxygens (including phenoxy) is 1.